The molecule has 0 saturated heterocycles. The van der Waals surface area contributed by atoms with Crippen LogP contribution in [0.1, 0.15) is 32.8 Å². The molecule has 0 saturated carbocycles. The molecule has 5 heteroatoms. The summed E-state index contributed by atoms with van der Waals surface area (Å²) in [6.45, 7) is 6.26. The molecule has 20 heavy (non-hydrogen) atoms. The molecule has 0 unspecified atom stereocenters. The zero-order valence-electron chi connectivity index (χ0n) is 12.1. The Balaban J connectivity index is 2.41. The number of benzene rings is 1. The normalized spacial score (nSPS) is 22.8. The number of hydrogen-bond acceptors (Lipinski definition) is 3. The van der Waals surface area contributed by atoms with Gasteiger partial charge in [-0.1, -0.05) is 19.9 Å². The van der Waals surface area contributed by atoms with Gasteiger partial charge in [-0.2, -0.15) is 0 Å². The van der Waals surface area contributed by atoms with Crippen LogP contribution < -0.4 is 10.2 Å². The fourth-order valence-electron chi connectivity index (χ4n) is 2.74. The predicted molar refractivity (Wildman–Crippen MR) is 76.1 cm³/mol. The molecule has 0 aliphatic carbocycles. The lowest BCUT2D eigenvalue weighted by Crippen LogP contribution is -2.46. The molecule has 0 fully saturated rings. The Hall–Kier alpha value is -1.46. The van der Waals surface area contributed by atoms with Crippen LogP contribution in [0.4, 0.5) is 10.1 Å². The Morgan fingerprint density at radius 2 is 2.25 bits per heavy atom. The maximum atomic E-state index is 14.0. The summed E-state index contributed by atoms with van der Waals surface area (Å²) in [6.07, 6.45) is 0.361. The molecule has 1 aromatic carbocycles. The summed E-state index contributed by atoms with van der Waals surface area (Å²) in [5.74, 6) is -0.610. The molecule has 2 atom stereocenters. The Labute approximate surface area is 118 Å². The summed E-state index contributed by atoms with van der Waals surface area (Å²) in [5.41, 5.74) is -0.592. The van der Waals surface area contributed by atoms with Gasteiger partial charge >= 0.3 is 0 Å². The van der Waals surface area contributed by atoms with Gasteiger partial charge in [0, 0.05) is 5.56 Å². The van der Waals surface area contributed by atoms with Gasteiger partial charge in [0.05, 0.1) is 18.3 Å². The first-order valence-electron chi connectivity index (χ1n) is 7.00. The van der Waals surface area contributed by atoms with Crippen molar-refractivity contribution in [3.8, 4) is 0 Å². The van der Waals surface area contributed by atoms with E-state index in [0.29, 0.717) is 18.7 Å². The zero-order chi connectivity index (χ0) is 14.9. The number of nitrogens with zero attached hydrogens (tertiary/aromatic N) is 1. The number of anilines is 1. The summed E-state index contributed by atoms with van der Waals surface area (Å²) < 4.78 is 14.0. The number of likely N-dealkylation sites (N-methyl/N-ethyl adjacent to an activating group) is 1. The molecule has 1 aliphatic heterocycles. The number of nitrogens with one attached hydrogen (secondary N) is 1. The van der Waals surface area contributed by atoms with Gasteiger partial charge in [0.1, 0.15) is 11.4 Å². The number of aliphatic hydroxyl groups is 1. The maximum Gasteiger partial charge on any atom is 0.243 e. The van der Waals surface area contributed by atoms with Crippen LogP contribution in [0, 0.1) is 5.82 Å². The first kappa shape index (κ1) is 14.9. The van der Waals surface area contributed by atoms with Crippen molar-refractivity contribution in [3.05, 3.63) is 29.6 Å². The predicted octanol–water partition coefficient (Wildman–Crippen LogP) is 1.77. The molecule has 1 amide bonds. The third-order valence-electron chi connectivity index (χ3n) is 3.90. The highest BCUT2D eigenvalue weighted by molar-refractivity contribution is 5.99. The lowest BCUT2D eigenvalue weighted by atomic mass is 9.93. The third kappa shape index (κ3) is 2.31. The monoisotopic (exact) mass is 280 g/mol. The van der Waals surface area contributed by atoms with E-state index in [2.05, 4.69) is 5.32 Å². The summed E-state index contributed by atoms with van der Waals surface area (Å²) >= 11 is 0. The van der Waals surface area contributed by atoms with E-state index in [9.17, 15) is 14.3 Å². The molecule has 0 spiro atoms. The molecule has 4 nitrogen and oxygen atoms in total. The van der Waals surface area contributed by atoms with Gasteiger partial charge in [-0.05, 0) is 32.0 Å². The molecule has 0 radical (unpaired) electrons. The van der Waals surface area contributed by atoms with Crippen LogP contribution in [-0.4, -0.2) is 30.1 Å². The van der Waals surface area contributed by atoms with Gasteiger partial charge in [0.15, 0.2) is 0 Å². The van der Waals surface area contributed by atoms with Crippen LogP contribution in [0.2, 0.25) is 0 Å². The molecular formula is C15H21FN2O2. The second-order valence-corrected chi connectivity index (χ2v) is 5.22. The molecule has 1 aliphatic rings. The van der Waals surface area contributed by atoms with Gasteiger partial charge in [0.2, 0.25) is 5.91 Å². The van der Waals surface area contributed by atoms with E-state index in [1.807, 2.05) is 6.92 Å². The highest BCUT2D eigenvalue weighted by atomic mass is 19.1. The minimum Gasteiger partial charge on any atom is -0.383 e. The number of fused-ring (bicyclic) bond motifs is 1. The van der Waals surface area contributed by atoms with Crippen molar-refractivity contribution in [2.24, 2.45) is 0 Å². The van der Waals surface area contributed by atoms with E-state index in [4.69, 9.17) is 0 Å². The minimum absolute atomic E-state index is 0.105. The van der Waals surface area contributed by atoms with E-state index in [1.165, 1.54) is 11.0 Å². The standard InChI is InChI=1S/C15H21FN2O2/c1-4-15(20)9-18(14(19)10(3)17-5-2)12-8-6-7-11(16)13(12)15/h6-8,10,17,20H,4-5,9H2,1-3H3/t10-,15-/m1/s1. The van der Waals surface area contributed by atoms with Gasteiger partial charge < -0.3 is 15.3 Å². The first-order valence-corrected chi connectivity index (χ1v) is 7.00. The topological polar surface area (TPSA) is 52.6 Å². The molecule has 110 valence electrons. The number of β-amino-alcohol motifs (C(OH)–C–C–N with tert-alkyl or cyclic N) is 1. The Morgan fingerprint density at radius 1 is 1.55 bits per heavy atom. The highest BCUT2D eigenvalue weighted by Gasteiger charge is 2.44. The molecular weight excluding hydrogens is 259 g/mol. The highest BCUT2D eigenvalue weighted by Crippen LogP contribution is 2.42. The van der Waals surface area contributed by atoms with Crippen LogP contribution in [-0.2, 0) is 10.4 Å². The number of hydrogen-bond donors (Lipinski definition) is 2. The van der Waals surface area contributed by atoms with Crippen molar-refractivity contribution >= 4 is 11.6 Å². The Kier molecular flexibility index (Phi) is 4.11. The van der Waals surface area contributed by atoms with Gasteiger partial charge in [-0.3, -0.25) is 4.79 Å². The second-order valence-electron chi connectivity index (χ2n) is 5.22. The maximum absolute atomic E-state index is 14.0. The molecule has 2 rings (SSSR count). The number of carbonyl (C=O) groups excluding carboxylic acids is 1. The summed E-state index contributed by atoms with van der Waals surface area (Å²) in [6, 6.07) is 4.20. The van der Waals surface area contributed by atoms with E-state index < -0.39 is 11.4 Å². The quantitative estimate of drug-likeness (QED) is 0.884. The fourth-order valence-corrected chi connectivity index (χ4v) is 2.74. The molecule has 0 aromatic heterocycles. The Morgan fingerprint density at radius 3 is 2.85 bits per heavy atom. The van der Waals surface area contributed by atoms with Crippen molar-refractivity contribution in [2.75, 3.05) is 18.0 Å². The van der Waals surface area contributed by atoms with Gasteiger partial charge in [-0.25, -0.2) is 4.39 Å². The molecule has 0 bridgehead atoms. The minimum atomic E-state index is -1.30. The van der Waals surface area contributed by atoms with Crippen molar-refractivity contribution < 1.29 is 14.3 Å². The summed E-state index contributed by atoms with van der Waals surface area (Å²) in [7, 11) is 0. The second kappa shape index (κ2) is 5.50. The SMILES string of the molecule is CCN[C@H](C)C(=O)N1C[C@](O)(CC)c2c(F)cccc21. The third-order valence-corrected chi connectivity index (χ3v) is 3.90. The number of amides is 1. The average molecular weight is 280 g/mol. The average Bonchev–Trinajstić information content (AvgIpc) is 2.74. The Bertz CT molecular complexity index is 521. The van der Waals surface area contributed by atoms with Gasteiger partial charge in [0.25, 0.3) is 0 Å². The van der Waals surface area contributed by atoms with Crippen molar-refractivity contribution in [1.82, 2.24) is 5.32 Å². The molecule has 2 N–H and O–H groups in total. The number of carbonyl (C=O) groups is 1. The van der Waals surface area contributed by atoms with E-state index in [-0.39, 0.29) is 24.1 Å². The van der Waals surface area contributed by atoms with E-state index >= 15 is 0 Å². The molecule has 1 heterocycles. The smallest absolute Gasteiger partial charge is 0.243 e. The zero-order valence-corrected chi connectivity index (χ0v) is 12.1. The largest absolute Gasteiger partial charge is 0.383 e. The van der Waals surface area contributed by atoms with Crippen LogP contribution in [0.5, 0.6) is 0 Å². The van der Waals surface area contributed by atoms with E-state index in [1.54, 1.807) is 26.0 Å². The van der Waals surface area contributed by atoms with Gasteiger partial charge in [-0.15, -0.1) is 0 Å². The summed E-state index contributed by atoms with van der Waals surface area (Å²) in [4.78, 5) is 13.9. The van der Waals surface area contributed by atoms with Crippen LogP contribution in [0.15, 0.2) is 18.2 Å². The van der Waals surface area contributed by atoms with Crippen LogP contribution >= 0.6 is 0 Å². The fraction of sp³-hybridized carbons (Fsp3) is 0.533. The lowest BCUT2D eigenvalue weighted by Gasteiger charge is -2.25. The number of halogens is 1. The van der Waals surface area contributed by atoms with Crippen molar-refractivity contribution in [2.45, 2.75) is 38.8 Å². The lowest BCUT2D eigenvalue weighted by molar-refractivity contribution is -0.120. The van der Waals surface area contributed by atoms with E-state index in [0.717, 1.165) is 0 Å². The van der Waals surface area contributed by atoms with Crippen molar-refractivity contribution in [3.63, 3.8) is 0 Å². The van der Waals surface area contributed by atoms with Crippen LogP contribution in [0.3, 0.4) is 0 Å². The molecule has 1 aromatic rings. The number of rotatable bonds is 4. The summed E-state index contributed by atoms with van der Waals surface area (Å²) in [5, 5.41) is 13.7. The first-order chi connectivity index (χ1) is 9.44. The van der Waals surface area contributed by atoms with Crippen molar-refractivity contribution in [1.29, 1.82) is 0 Å². The van der Waals surface area contributed by atoms with Crippen LogP contribution in [0.25, 0.3) is 0 Å².